The van der Waals surface area contributed by atoms with E-state index in [0.717, 1.165) is 12.0 Å². The van der Waals surface area contributed by atoms with E-state index in [9.17, 15) is 18.0 Å². The van der Waals surface area contributed by atoms with Crippen LogP contribution in [0.5, 0.6) is 0 Å². The Labute approximate surface area is 146 Å². The van der Waals surface area contributed by atoms with Gasteiger partial charge in [-0.15, -0.1) is 0 Å². The second-order valence-electron chi connectivity index (χ2n) is 5.82. The van der Waals surface area contributed by atoms with Crippen molar-refractivity contribution in [3.05, 3.63) is 59.7 Å². The maximum atomic E-state index is 12.6. The highest BCUT2D eigenvalue weighted by Gasteiger charge is 2.45. The lowest BCUT2D eigenvalue weighted by atomic mass is 10.1. The fourth-order valence-corrected chi connectivity index (χ4v) is 4.49. The van der Waals surface area contributed by atoms with E-state index in [1.807, 2.05) is 19.1 Å². The number of carbonyl (C=O) groups excluding carboxylic acids is 2. The number of hydrogen-bond acceptors (Lipinski definition) is 4. The van der Waals surface area contributed by atoms with Gasteiger partial charge in [0.1, 0.15) is 10.9 Å². The van der Waals surface area contributed by atoms with Crippen LogP contribution >= 0.6 is 0 Å². The predicted molar refractivity (Wildman–Crippen MR) is 93.7 cm³/mol. The number of rotatable bonds is 4. The molecule has 0 bridgehead atoms. The van der Waals surface area contributed by atoms with E-state index in [0.29, 0.717) is 9.99 Å². The molecule has 0 fully saturated rings. The number of carbonyl (C=O) groups is 2. The molecule has 1 N–H and O–H groups in total. The van der Waals surface area contributed by atoms with Crippen molar-refractivity contribution in [2.45, 2.75) is 31.2 Å². The molecule has 6 nitrogen and oxygen atoms in total. The van der Waals surface area contributed by atoms with Gasteiger partial charge in [-0.25, -0.2) is 12.7 Å². The number of nitrogens with one attached hydrogen (secondary N) is 1. The summed E-state index contributed by atoms with van der Waals surface area (Å²) >= 11 is 0. The molecule has 25 heavy (non-hydrogen) atoms. The van der Waals surface area contributed by atoms with Crippen LogP contribution in [-0.2, 0) is 21.2 Å². The quantitative estimate of drug-likeness (QED) is 0.910. The fourth-order valence-electron chi connectivity index (χ4n) is 2.76. The third-order valence-electron chi connectivity index (χ3n) is 4.22. The van der Waals surface area contributed by atoms with Crippen molar-refractivity contribution >= 4 is 27.5 Å². The van der Waals surface area contributed by atoms with E-state index in [4.69, 9.17) is 0 Å². The maximum Gasteiger partial charge on any atom is 0.269 e. The summed E-state index contributed by atoms with van der Waals surface area (Å²) in [4.78, 5) is 24.9. The number of anilines is 1. The maximum absolute atomic E-state index is 12.6. The number of sulfonamides is 1. The number of hydrogen-bond donors (Lipinski definition) is 1. The van der Waals surface area contributed by atoms with E-state index in [2.05, 4.69) is 5.32 Å². The molecule has 0 radical (unpaired) electrons. The zero-order valence-corrected chi connectivity index (χ0v) is 14.7. The summed E-state index contributed by atoms with van der Waals surface area (Å²) in [5.41, 5.74) is 1.77. The van der Waals surface area contributed by atoms with Gasteiger partial charge in [0.25, 0.3) is 15.9 Å². The van der Waals surface area contributed by atoms with Crippen molar-refractivity contribution in [1.82, 2.24) is 4.31 Å². The lowest BCUT2D eigenvalue weighted by molar-refractivity contribution is -0.118. The van der Waals surface area contributed by atoms with Gasteiger partial charge in [-0.05, 0) is 43.2 Å². The third-order valence-corrected chi connectivity index (χ3v) is 6.13. The largest absolute Gasteiger partial charge is 0.324 e. The summed E-state index contributed by atoms with van der Waals surface area (Å²) in [5, 5.41) is 2.66. The molecule has 0 saturated carbocycles. The summed E-state index contributed by atoms with van der Waals surface area (Å²) in [6.45, 7) is 3.42. The lowest BCUT2D eigenvalue weighted by Gasteiger charge is -2.22. The standard InChI is InChI=1S/C18H18N2O4S/c1-3-13-8-10-14(11-9-13)19-17(21)12(2)20-18(22)15-6-4-5-7-16(15)25(20,23)24/h4-12H,3H2,1-2H3,(H,19,21)/t12-/m0/s1. The number of nitrogens with zero attached hydrogens (tertiary/aromatic N) is 1. The summed E-state index contributed by atoms with van der Waals surface area (Å²) in [6.07, 6.45) is 0.878. The molecule has 3 rings (SSSR count). The Kier molecular flexibility index (Phi) is 4.34. The molecule has 1 heterocycles. The Balaban J connectivity index is 1.84. The van der Waals surface area contributed by atoms with Gasteiger partial charge in [0.2, 0.25) is 5.91 Å². The van der Waals surface area contributed by atoms with Crippen LogP contribution < -0.4 is 5.32 Å². The molecule has 0 aromatic heterocycles. The Morgan fingerprint density at radius 3 is 2.36 bits per heavy atom. The highest BCUT2D eigenvalue weighted by atomic mass is 32.2. The van der Waals surface area contributed by atoms with Gasteiger partial charge >= 0.3 is 0 Å². The molecule has 0 spiro atoms. The minimum atomic E-state index is -4.02. The van der Waals surface area contributed by atoms with Crippen molar-refractivity contribution in [2.24, 2.45) is 0 Å². The van der Waals surface area contributed by atoms with Crippen LogP contribution in [0.1, 0.15) is 29.8 Å². The molecule has 130 valence electrons. The highest BCUT2D eigenvalue weighted by molar-refractivity contribution is 7.90. The van der Waals surface area contributed by atoms with Crippen LogP contribution in [0.3, 0.4) is 0 Å². The minimum absolute atomic E-state index is 0.0630. The van der Waals surface area contributed by atoms with Crippen molar-refractivity contribution in [3.8, 4) is 0 Å². The van der Waals surface area contributed by atoms with Gasteiger partial charge in [-0.1, -0.05) is 31.2 Å². The predicted octanol–water partition coefficient (Wildman–Crippen LogP) is 2.42. The fraction of sp³-hybridized carbons (Fsp3) is 0.222. The second kappa shape index (κ2) is 6.33. The summed E-state index contributed by atoms with van der Waals surface area (Å²) in [5.74, 6) is -1.24. The molecule has 1 aliphatic rings. The first-order valence-corrected chi connectivity index (χ1v) is 9.38. The van der Waals surface area contributed by atoms with Crippen LogP contribution in [0.2, 0.25) is 0 Å². The van der Waals surface area contributed by atoms with Crippen LogP contribution in [0.15, 0.2) is 53.4 Å². The number of benzene rings is 2. The van der Waals surface area contributed by atoms with E-state index in [1.54, 1.807) is 24.3 Å². The molecule has 0 aliphatic carbocycles. The first-order chi connectivity index (χ1) is 11.9. The van der Waals surface area contributed by atoms with Gasteiger partial charge in [-0.2, -0.15) is 0 Å². The SMILES string of the molecule is CCc1ccc(NC(=O)[C@H](C)N2C(=O)c3ccccc3S2(=O)=O)cc1. The third kappa shape index (κ3) is 2.91. The molecular weight excluding hydrogens is 340 g/mol. The second-order valence-corrected chi connectivity index (χ2v) is 7.60. The molecule has 1 aliphatic heterocycles. The Morgan fingerprint density at radius 2 is 1.76 bits per heavy atom. The van der Waals surface area contributed by atoms with Crippen molar-refractivity contribution in [3.63, 3.8) is 0 Å². The minimum Gasteiger partial charge on any atom is -0.324 e. The van der Waals surface area contributed by atoms with E-state index < -0.39 is 27.9 Å². The van der Waals surface area contributed by atoms with Crippen LogP contribution in [0, 0.1) is 0 Å². The van der Waals surface area contributed by atoms with Gasteiger partial charge < -0.3 is 5.32 Å². The van der Waals surface area contributed by atoms with E-state index in [1.165, 1.54) is 19.1 Å². The van der Waals surface area contributed by atoms with Crippen LogP contribution in [0.25, 0.3) is 0 Å². The lowest BCUT2D eigenvalue weighted by Crippen LogP contribution is -2.45. The Bertz CT molecular complexity index is 936. The molecule has 7 heteroatoms. The average molecular weight is 358 g/mol. The number of aryl methyl sites for hydroxylation is 1. The van der Waals surface area contributed by atoms with E-state index >= 15 is 0 Å². The topological polar surface area (TPSA) is 83.6 Å². The summed E-state index contributed by atoms with van der Waals surface area (Å²) in [7, 11) is -4.02. The van der Waals surface area contributed by atoms with Crippen LogP contribution in [0.4, 0.5) is 5.69 Å². The average Bonchev–Trinajstić information content (AvgIpc) is 2.81. The Hall–Kier alpha value is -2.67. The summed E-state index contributed by atoms with van der Waals surface area (Å²) < 4.78 is 25.8. The molecule has 0 unspecified atom stereocenters. The molecule has 2 amide bonds. The van der Waals surface area contributed by atoms with Gasteiger partial charge in [0.15, 0.2) is 0 Å². The van der Waals surface area contributed by atoms with Gasteiger partial charge in [0, 0.05) is 5.69 Å². The number of fused-ring (bicyclic) bond motifs is 1. The molecule has 1 atom stereocenters. The number of amides is 2. The van der Waals surface area contributed by atoms with Gasteiger partial charge in [0.05, 0.1) is 5.56 Å². The van der Waals surface area contributed by atoms with Crippen molar-refractivity contribution in [2.75, 3.05) is 5.32 Å². The monoisotopic (exact) mass is 358 g/mol. The van der Waals surface area contributed by atoms with Crippen molar-refractivity contribution in [1.29, 1.82) is 0 Å². The molecule has 0 saturated heterocycles. The molecular formula is C18H18N2O4S. The Morgan fingerprint density at radius 1 is 1.12 bits per heavy atom. The molecule has 2 aromatic rings. The highest BCUT2D eigenvalue weighted by Crippen LogP contribution is 2.31. The summed E-state index contributed by atoms with van der Waals surface area (Å²) in [6, 6.07) is 12.1. The van der Waals surface area contributed by atoms with Crippen molar-refractivity contribution < 1.29 is 18.0 Å². The first kappa shape index (κ1) is 17.2. The van der Waals surface area contributed by atoms with Crippen LogP contribution in [-0.4, -0.2) is 30.6 Å². The first-order valence-electron chi connectivity index (χ1n) is 7.94. The van der Waals surface area contributed by atoms with Gasteiger partial charge in [-0.3, -0.25) is 9.59 Å². The normalized spacial score (nSPS) is 16.4. The zero-order valence-electron chi connectivity index (χ0n) is 13.9. The smallest absolute Gasteiger partial charge is 0.269 e. The molecule has 2 aromatic carbocycles. The zero-order chi connectivity index (χ0) is 18.2. The van der Waals surface area contributed by atoms with E-state index in [-0.39, 0.29) is 10.5 Å².